The number of nitrogens with zero attached hydrogens (tertiary/aromatic N) is 2. The van der Waals surface area contributed by atoms with Gasteiger partial charge in [-0.25, -0.2) is 0 Å². The van der Waals surface area contributed by atoms with E-state index >= 15 is 0 Å². The van der Waals surface area contributed by atoms with Crippen molar-refractivity contribution in [2.75, 3.05) is 11.9 Å². The first-order valence-electron chi connectivity index (χ1n) is 9.42. The van der Waals surface area contributed by atoms with Crippen LogP contribution in [0.25, 0.3) is 5.57 Å². The summed E-state index contributed by atoms with van der Waals surface area (Å²) < 4.78 is 0. The van der Waals surface area contributed by atoms with E-state index in [1.54, 1.807) is 12.3 Å². The molecule has 0 atom stereocenters. The van der Waals surface area contributed by atoms with Gasteiger partial charge in [-0.15, -0.1) is 0 Å². The Morgan fingerprint density at radius 1 is 1.17 bits per heavy atom. The fraction of sp³-hybridized carbons (Fsp3) is 0.167. The zero-order valence-electron chi connectivity index (χ0n) is 16.3. The predicted molar refractivity (Wildman–Crippen MR) is 117 cm³/mol. The van der Waals surface area contributed by atoms with Crippen LogP contribution in [0.5, 0.6) is 0 Å². The van der Waals surface area contributed by atoms with E-state index in [9.17, 15) is 9.90 Å². The lowest BCUT2D eigenvalue weighted by molar-refractivity contribution is -0.113. The van der Waals surface area contributed by atoms with Crippen LogP contribution in [0, 0.1) is 0 Å². The number of allylic oxidation sites excluding steroid dienone is 5. The number of halogens is 1. The summed E-state index contributed by atoms with van der Waals surface area (Å²) in [4.78, 5) is 19.4. The summed E-state index contributed by atoms with van der Waals surface area (Å²) in [5.41, 5.74) is 5.78. The lowest BCUT2D eigenvalue weighted by Crippen LogP contribution is -2.27. The van der Waals surface area contributed by atoms with Gasteiger partial charge in [0.15, 0.2) is 0 Å². The number of para-hydroxylation sites is 1. The fourth-order valence-corrected chi connectivity index (χ4v) is 4.60. The number of aliphatic hydroxyl groups excluding tert-OH is 1. The highest BCUT2D eigenvalue weighted by molar-refractivity contribution is 6.33. The molecule has 0 saturated heterocycles. The molecule has 0 amide bonds. The molecule has 2 heterocycles. The zero-order chi connectivity index (χ0) is 20.5. The maximum atomic E-state index is 13.0. The number of aliphatic hydroxyl groups is 1. The van der Waals surface area contributed by atoms with Crippen molar-refractivity contribution in [1.82, 2.24) is 0 Å². The topological polar surface area (TPSA) is 52.9 Å². The minimum Gasteiger partial charge on any atom is -0.506 e. The van der Waals surface area contributed by atoms with Crippen molar-refractivity contribution in [2.45, 2.75) is 19.3 Å². The van der Waals surface area contributed by atoms with Crippen molar-refractivity contribution < 1.29 is 9.90 Å². The van der Waals surface area contributed by atoms with Crippen molar-refractivity contribution in [3.05, 3.63) is 87.3 Å². The number of anilines is 1. The lowest BCUT2D eigenvalue weighted by Gasteiger charge is -2.27. The molecule has 5 rings (SSSR count). The normalized spacial score (nSPS) is 23.0. The summed E-state index contributed by atoms with van der Waals surface area (Å²) in [7, 11) is 1.97. The fourth-order valence-electron chi connectivity index (χ4n) is 4.42. The first-order chi connectivity index (χ1) is 13.8. The van der Waals surface area contributed by atoms with E-state index in [4.69, 9.17) is 11.6 Å². The second kappa shape index (κ2) is 5.94. The highest BCUT2D eigenvalue weighted by Gasteiger charge is 2.42. The number of hydrogen-bond acceptors (Lipinski definition) is 4. The molecule has 0 fully saturated rings. The van der Waals surface area contributed by atoms with Crippen LogP contribution in [-0.2, 0) is 10.2 Å². The number of benzene rings is 2. The number of rotatable bonds is 1. The van der Waals surface area contributed by atoms with Gasteiger partial charge in [0.2, 0.25) is 5.78 Å². The van der Waals surface area contributed by atoms with Crippen molar-refractivity contribution in [1.29, 1.82) is 0 Å². The van der Waals surface area contributed by atoms with Crippen molar-refractivity contribution in [3.8, 4) is 0 Å². The Kier molecular flexibility index (Phi) is 3.68. The van der Waals surface area contributed by atoms with Gasteiger partial charge in [-0.05, 0) is 35.9 Å². The van der Waals surface area contributed by atoms with Gasteiger partial charge in [0, 0.05) is 46.2 Å². The van der Waals surface area contributed by atoms with Gasteiger partial charge in [0.1, 0.15) is 5.76 Å². The van der Waals surface area contributed by atoms with E-state index < -0.39 is 0 Å². The molecular weight excluding hydrogens is 384 g/mol. The average molecular weight is 403 g/mol. The third-order valence-corrected chi connectivity index (χ3v) is 6.27. The van der Waals surface area contributed by atoms with E-state index in [1.807, 2.05) is 49.5 Å². The molecule has 0 unspecified atom stereocenters. The van der Waals surface area contributed by atoms with Crippen LogP contribution in [0.4, 0.5) is 11.4 Å². The molecule has 4 nitrogen and oxygen atoms in total. The summed E-state index contributed by atoms with van der Waals surface area (Å²) in [5, 5.41) is 11.4. The van der Waals surface area contributed by atoms with Gasteiger partial charge >= 0.3 is 0 Å². The van der Waals surface area contributed by atoms with Gasteiger partial charge in [-0.3, -0.25) is 9.79 Å². The first kappa shape index (κ1) is 18.0. The van der Waals surface area contributed by atoms with E-state index in [0.29, 0.717) is 21.7 Å². The molecule has 2 aromatic carbocycles. The lowest BCUT2D eigenvalue weighted by atomic mass is 9.79. The molecule has 1 N–H and O–H groups in total. The molecule has 1 aliphatic carbocycles. The minimum atomic E-state index is -0.340. The van der Waals surface area contributed by atoms with Crippen LogP contribution in [0.15, 0.2) is 76.1 Å². The minimum absolute atomic E-state index is 0.0267. The van der Waals surface area contributed by atoms with E-state index in [-0.39, 0.29) is 17.0 Å². The molecule has 0 saturated carbocycles. The van der Waals surface area contributed by atoms with Crippen LogP contribution in [0.2, 0.25) is 5.02 Å². The maximum absolute atomic E-state index is 13.0. The molecule has 0 radical (unpaired) electrons. The Labute approximate surface area is 174 Å². The Morgan fingerprint density at radius 3 is 2.69 bits per heavy atom. The van der Waals surface area contributed by atoms with E-state index in [1.165, 1.54) is 0 Å². The second-order valence-corrected chi connectivity index (χ2v) is 8.47. The summed E-state index contributed by atoms with van der Waals surface area (Å²) in [6.07, 6.45) is 3.45. The molecule has 144 valence electrons. The molecule has 2 aromatic rings. The number of likely N-dealkylation sites (N-methyl/N-ethyl adjacent to an activating group) is 1. The number of hydrogen-bond donors (Lipinski definition) is 1. The molecule has 29 heavy (non-hydrogen) atoms. The highest BCUT2D eigenvalue weighted by Crippen LogP contribution is 2.49. The highest BCUT2D eigenvalue weighted by atomic mass is 35.5. The molecule has 0 bridgehead atoms. The Balaban J connectivity index is 1.61. The molecule has 0 spiro atoms. The Morgan fingerprint density at radius 2 is 1.93 bits per heavy atom. The summed E-state index contributed by atoms with van der Waals surface area (Å²) in [6.45, 7) is 4.19. The third-order valence-electron chi connectivity index (χ3n) is 6.04. The van der Waals surface area contributed by atoms with Crippen LogP contribution >= 0.6 is 11.6 Å². The van der Waals surface area contributed by atoms with Gasteiger partial charge in [-0.1, -0.05) is 43.6 Å². The summed E-state index contributed by atoms with van der Waals surface area (Å²) >= 11 is 6.21. The van der Waals surface area contributed by atoms with Crippen molar-refractivity contribution >= 4 is 40.5 Å². The molecule has 2 aliphatic heterocycles. The monoisotopic (exact) mass is 402 g/mol. The van der Waals surface area contributed by atoms with E-state index in [2.05, 4.69) is 23.7 Å². The zero-order valence-corrected chi connectivity index (χ0v) is 17.1. The smallest absolute Gasteiger partial charge is 0.201 e. The molecule has 0 aromatic heterocycles. The number of carbonyl (C=O) groups excluding carboxylic acids is 1. The molecule has 3 aliphatic rings. The second-order valence-electron chi connectivity index (χ2n) is 8.03. The quantitative estimate of drug-likeness (QED) is 0.639. The third kappa shape index (κ3) is 2.39. The molecular formula is C24H19ClN2O2. The number of fused-ring (bicyclic) bond motifs is 2. The maximum Gasteiger partial charge on any atom is 0.201 e. The Hall–Kier alpha value is -3.11. The predicted octanol–water partition coefficient (Wildman–Crippen LogP) is 5.52. The first-order valence-corrected chi connectivity index (χ1v) is 9.80. The van der Waals surface area contributed by atoms with Crippen molar-refractivity contribution in [2.24, 2.45) is 4.99 Å². The average Bonchev–Trinajstić information content (AvgIpc) is 3.18. The summed E-state index contributed by atoms with van der Waals surface area (Å²) in [6, 6.07) is 13.4. The number of ketones is 1. The van der Waals surface area contributed by atoms with Crippen LogP contribution in [0.3, 0.4) is 0 Å². The number of Topliss-reactive ketones (excluding diaryl/α,β-unsaturated/α-hetero) is 1. The van der Waals surface area contributed by atoms with Gasteiger partial charge < -0.3 is 10.0 Å². The van der Waals surface area contributed by atoms with Gasteiger partial charge in [-0.2, -0.15) is 0 Å². The van der Waals surface area contributed by atoms with Gasteiger partial charge in [0.05, 0.1) is 16.8 Å². The van der Waals surface area contributed by atoms with Crippen LogP contribution < -0.4 is 4.90 Å². The Bertz CT molecular complexity index is 1230. The van der Waals surface area contributed by atoms with Crippen LogP contribution in [0.1, 0.15) is 25.0 Å². The SMILES string of the molecule is CN1C(=CC2=C(O)C(=C3C=Nc4ccccc43)C2=O)C(C)(C)c2cc(Cl)ccc21. The summed E-state index contributed by atoms with van der Waals surface area (Å²) in [5.74, 6) is -0.134. The number of aliphatic imine (C=N–C) groups is 1. The van der Waals surface area contributed by atoms with E-state index in [0.717, 1.165) is 28.2 Å². The molecule has 5 heteroatoms. The van der Waals surface area contributed by atoms with Crippen LogP contribution in [-0.4, -0.2) is 24.2 Å². The van der Waals surface area contributed by atoms with Crippen molar-refractivity contribution in [3.63, 3.8) is 0 Å². The standard InChI is InChI=1S/C24H19ClN2O2/c1-24(2)17-10-13(25)8-9-19(17)27(3)20(24)11-15-22(28)21(23(15)29)16-12-26-18-7-5-4-6-14(16)18/h4-12,28H,1-3H3. The van der Waals surface area contributed by atoms with Gasteiger partial charge in [0.25, 0.3) is 0 Å². The number of carbonyl (C=O) groups is 1. The largest absolute Gasteiger partial charge is 0.506 e.